The number of amides is 1. The van der Waals surface area contributed by atoms with E-state index < -0.39 is 5.54 Å². The molecule has 0 radical (unpaired) electrons. The normalized spacial score (nSPS) is 16.2. The molecule has 0 heterocycles. The first-order chi connectivity index (χ1) is 9.76. The fourth-order valence-electron chi connectivity index (χ4n) is 2.86. The van der Waals surface area contributed by atoms with E-state index in [9.17, 15) is 4.79 Å². The maximum Gasteiger partial charge on any atom is 0.237 e. The second-order valence-corrected chi connectivity index (χ2v) is 6.79. The number of rotatable bonds is 12. The highest BCUT2D eigenvalue weighted by Gasteiger charge is 2.34. The van der Waals surface area contributed by atoms with Crippen molar-refractivity contribution >= 4 is 5.91 Å². The summed E-state index contributed by atoms with van der Waals surface area (Å²) in [6.45, 7) is 14.9. The molecule has 0 aromatic heterocycles. The molecule has 0 fully saturated rings. The Morgan fingerprint density at radius 1 is 1.14 bits per heavy atom. The Kier molecular flexibility index (Phi) is 9.88. The van der Waals surface area contributed by atoms with Crippen LogP contribution >= 0.6 is 0 Å². The van der Waals surface area contributed by atoms with Gasteiger partial charge >= 0.3 is 0 Å². The highest BCUT2D eigenvalue weighted by Crippen LogP contribution is 2.18. The topological polar surface area (TPSA) is 58.4 Å². The van der Waals surface area contributed by atoms with Crippen molar-refractivity contribution in [1.82, 2.24) is 10.2 Å². The summed E-state index contributed by atoms with van der Waals surface area (Å²) >= 11 is 0. The second-order valence-electron chi connectivity index (χ2n) is 6.79. The summed E-state index contributed by atoms with van der Waals surface area (Å²) in [4.78, 5) is 14.4. The van der Waals surface area contributed by atoms with E-state index in [-0.39, 0.29) is 11.9 Å². The lowest BCUT2D eigenvalue weighted by Crippen LogP contribution is -2.58. The van der Waals surface area contributed by atoms with Crippen LogP contribution in [0.1, 0.15) is 73.6 Å². The Bertz CT molecular complexity index is 286. The van der Waals surface area contributed by atoms with Crippen molar-refractivity contribution in [3.8, 4) is 0 Å². The van der Waals surface area contributed by atoms with Crippen molar-refractivity contribution in [2.75, 3.05) is 13.1 Å². The molecule has 0 spiro atoms. The zero-order valence-corrected chi connectivity index (χ0v) is 15.0. The van der Waals surface area contributed by atoms with Gasteiger partial charge in [0, 0.05) is 12.1 Å². The molecule has 21 heavy (non-hydrogen) atoms. The summed E-state index contributed by atoms with van der Waals surface area (Å²) < 4.78 is 0. The molecule has 4 nitrogen and oxygen atoms in total. The van der Waals surface area contributed by atoms with Gasteiger partial charge in [-0.1, -0.05) is 26.7 Å². The number of unbranched alkanes of at least 4 members (excludes halogenated alkanes) is 2. The van der Waals surface area contributed by atoms with Crippen LogP contribution in [0.4, 0.5) is 0 Å². The van der Waals surface area contributed by atoms with E-state index in [2.05, 4.69) is 44.8 Å². The minimum Gasteiger partial charge on any atom is -0.368 e. The summed E-state index contributed by atoms with van der Waals surface area (Å²) in [5, 5.41) is 3.35. The fraction of sp³-hybridized carbons (Fsp3) is 0.941. The minimum absolute atomic E-state index is 0.245. The van der Waals surface area contributed by atoms with E-state index in [1.807, 2.05) is 6.92 Å². The molecule has 0 aromatic rings. The first-order valence-electron chi connectivity index (χ1n) is 8.58. The zero-order valence-electron chi connectivity index (χ0n) is 15.0. The van der Waals surface area contributed by atoms with Gasteiger partial charge in [-0.15, -0.1) is 0 Å². The highest BCUT2D eigenvalue weighted by molar-refractivity contribution is 5.84. The van der Waals surface area contributed by atoms with Crippen molar-refractivity contribution in [1.29, 1.82) is 0 Å². The van der Waals surface area contributed by atoms with Crippen LogP contribution in [-0.4, -0.2) is 41.5 Å². The number of carbonyl (C=O) groups is 1. The van der Waals surface area contributed by atoms with Gasteiger partial charge < -0.3 is 16.0 Å². The van der Waals surface area contributed by atoms with Gasteiger partial charge in [0.15, 0.2) is 0 Å². The number of hydrogen-bond acceptors (Lipinski definition) is 3. The average molecular weight is 300 g/mol. The van der Waals surface area contributed by atoms with Gasteiger partial charge in [-0.3, -0.25) is 4.79 Å². The molecule has 0 aliphatic heterocycles. The molecule has 2 atom stereocenters. The third-order valence-electron chi connectivity index (χ3n) is 4.08. The number of primary amides is 1. The minimum atomic E-state index is -0.635. The van der Waals surface area contributed by atoms with Crippen molar-refractivity contribution < 1.29 is 4.79 Å². The lowest BCUT2D eigenvalue weighted by atomic mass is 9.91. The molecule has 3 N–H and O–H groups in total. The summed E-state index contributed by atoms with van der Waals surface area (Å²) in [6, 6.07) is 0.598. The first-order valence-corrected chi connectivity index (χ1v) is 8.58. The van der Waals surface area contributed by atoms with Gasteiger partial charge in [0.05, 0.1) is 5.54 Å². The van der Waals surface area contributed by atoms with E-state index in [0.717, 1.165) is 19.5 Å². The third kappa shape index (κ3) is 7.82. The maximum absolute atomic E-state index is 11.9. The van der Waals surface area contributed by atoms with Crippen LogP contribution < -0.4 is 11.1 Å². The summed E-state index contributed by atoms with van der Waals surface area (Å²) in [5.74, 6) is -0.256. The fourth-order valence-corrected chi connectivity index (χ4v) is 2.86. The molecule has 0 aliphatic rings. The standard InChI is InChI=1S/C17H37N3O/c1-7-9-11-20(12-10-8-2)15(5)13-17(6,16(18)21)19-14(3)4/h14-15,19H,7-13H2,1-6H3,(H2,18,21). The SMILES string of the molecule is CCCCN(CCCC)C(C)CC(C)(NC(C)C)C(N)=O. The monoisotopic (exact) mass is 299 g/mol. The van der Waals surface area contributed by atoms with Crippen LogP contribution in [0.2, 0.25) is 0 Å². The largest absolute Gasteiger partial charge is 0.368 e. The molecular formula is C17H37N3O. The van der Waals surface area contributed by atoms with Gasteiger partial charge in [-0.2, -0.15) is 0 Å². The smallest absolute Gasteiger partial charge is 0.237 e. The molecule has 0 saturated heterocycles. The van der Waals surface area contributed by atoms with Crippen molar-refractivity contribution in [3.63, 3.8) is 0 Å². The van der Waals surface area contributed by atoms with E-state index in [1.54, 1.807) is 0 Å². The van der Waals surface area contributed by atoms with E-state index >= 15 is 0 Å². The summed E-state index contributed by atoms with van der Waals surface area (Å²) in [5.41, 5.74) is 5.01. The first kappa shape index (κ1) is 20.4. The second kappa shape index (κ2) is 10.2. The summed E-state index contributed by atoms with van der Waals surface area (Å²) in [6.07, 6.45) is 5.57. The van der Waals surface area contributed by atoms with Crippen LogP contribution in [0, 0.1) is 0 Å². The molecule has 0 bridgehead atoms. The van der Waals surface area contributed by atoms with Crippen LogP contribution in [0.25, 0.3) is 0 Å². The number of nitrogens with two attached hydrogens (primary N) is 1. The molecule has 126 valence electrons. The average Bonchev–Trinajstić information content (AvgIpc) is 2.37. The number of carbonyl (C=O) groups excluding carboxylic acids is 1. The van der Waals surface area contributed by atoms with E-state index in [0.29, 0.717) is 6.04 Å². The molecule has 4 heteroatoms. The zero-order chi connectivity index (χ0) is 16.5. The summed E-state index contributed by atoms with van der Waals surface area (Å²) in [7, 11) is 0. The Balaban J connectivity index is 4.79. The third-order valence-corrected chi connectivity index (χ3v) is 4.08. The van der Waals surface area contributed by atoms with Crippen molar-refractivity contribution in [2.24, 2.45) is 5.73 Å². The molecule has 0 aliphatic carbocycles. The molecule has 0 aromatic carbocycles. The maximum atomic E-state index is 11.9. The van der Waals surface area contributed by atoms with Crippen LogP contribution in [0.15, 0.2) is 0 Å². The Morgan fingerprint density at radius 3 is 1.95 bits per heavy atom. The molecule has 0 saturated carbocycles. The van der Waals surface area contributed by atoms with E-state index in [4.69, 9.17) is 5.73 Å². The molecule has 0 rings (SSSR count). The predicted molar refractivity (Wildman–Crippen MR) is 91.3 cm³/mol. The predicted octanol–water partition coefficient (Wildman–Crippen LogP) is 2.91. The highest BCUT2D eigenvalue weighted by atomic mass is 16.1. The Labute approximate surface area is 131 Å². The van der Waals surface area contributed by atoms with Crippen LogP contribution in [0.3, 0.4) is 0 Å². The molecule has 1 amide bonds. The van der Waals surface area contributed by atoms with Crippen molar-refractivity contribution in [2.45, 2.75) is 91.3 Å². The quantitative estimate of drug-likeness (QED) is 0.582. The van der Waals surface area contributed by atoms with Gasteiger partial charge in [0.2, 0.25) is 5.91 Å². The van der Waals surface area contributed by atoms with Gasteiger partial charge in [0.25, 0.3) is 0 Å². The Morgan fingerprint density at radius 2 is 1.62 bits per heavy atom. The van der Waals surface area contributed by atoms with Gasteiger partial charge in [-0.25, -0.2) is 0 Å². The van der Waals surface area contributed by atoms with E-state index in [1.165, 1.54) is 25.7 Å². The van der Waals surface area contributed by atoms with Crippen LogP contribution in [-0.2, 0) is 4.79 Å². The molecule has 2 unspecified atom stereocenters. The lowest BCUT2D eigenvalue weighted by molar-refractivity contribution is -0.125. The van der Waals surface area contributed by atoms with Crippen molar-refractivity contribution in [3.05, 3.63) is 0 Å². The van der Waals surface area contributed by atoms with Gasteiger partial charge in [-0.05, 0) is 60.0 Å². The Hall–Kier alpha value is -0.610. The number of nitrogens with one attached hydrogen (secondary N) is 1. The van der Waals surface area contributed by atoms with Crippen LogP contribution in [0.5, 0.6) is 0 Å². The number of nitrogens with zero attached hydrogens (tertiary/aromatic N) is 1. The molecular weight excluding hydrogens is 262 g/mol. The number of hydrogen-bond donors (Lipinski definition) is 2. The lowest BCUT2D eigenvalue weighted by Gasteiger charge is -2.37. The van der Waals surface area contributed by atoms with Gasteiger partial charge in [0.1, 0.15) is 0 Å².